The summed E-state index contributed by atoms with van der Waals surface area (Å²) in [6.07, 6.45) is 2.42. The summed E-state index contributed by atoms with van der Waals surface area (Å²) in [5.41, 5.74) is 0.167. The predicted octanol–water partition coefficient (Wildman–Crippen LogP) is 11.7. The number of nitriles is 3. The minimum absolute atomic E-state index is 0. The average molecular weight is 906 g/mol. The molecule has 0 aliphatic carbocycles. The molecule has 0 N–H and O–H groups in total. The van der Waals surface area contributed by atoms with Crippen molar-refractivity contribution in [1.29, 1.82) is 15.8 Å². The van der Waals surface area contributed by atoms with Gasteiger partial charge in [0.05, 0.1) is 67.6 Å². The molecule has 0 heterocycles. The third kappa shape index (κ3) is 29.1. The standard InChI is InChI=1S/C35H34P2S.3C2H3N.2BF4.Ni/c1-35(29-38-34-25-15-6-16-26-34,27-36(30-17-7-2-8-18-30)31-19-9-3-10-20-31)28-37(32-21-11-4-12-22-32)33-23-13-5-14-24-33;3*1-2-3;2*2-1(3,4)5;/h2-26H,27-29H2,1H3;3*1H3;;;/q;;;;2*-1;+2/p+2. The topological polar surface area (TPSA) is 71.4 Å². The van der Waals surface area contributed by atoms with Gasteiger partial charge < -0.3 is 34.5 Å². The molecule has 0 radical (unpaired) electrons. The molecule has 0 bridgehead atoms. The summed E-state index contributed by atoms with van der Waals surface area (Å²) in [6.45, 7) is 6.86. The van der Waals surface area contributed by atoms with Crippen LogP contribution < -0.4 is 21.2 Å². The van der Waals surface area contributed by atoms with E-state index in [-0.39, 0.29) is 21.9 Å². The Morgan fingerprint density at radius 2 is 0.655 bits per heavy atom. The summed E-state index contributed by atoms with van der Waals surface area (Å²) in [4.78, 5) is 1.36. The van der Waals surface area contributed by atoms with Crippen LogP contribution >= 0.6 is 27.6 Å². The van der Waals surface area contributed by atoms with Crippen molar-refractivity contribution < 1.29 is 51.0 Å². The Balaban J connectivity index is 0. The minimum Gasteiger partial charge on any atom is -0.418 e. The predicted molar refractivity (Wildman–Crippen MR) is 230 cm³/mol. The van der Waals surface area contributed by atoms with Crippen LogP contribution in [0.3, 0.4) is 0 Å². The first-order valence-electron chi connectivity index (χ1n) is 17.2. The molecule has 0 fully saturated rings. The van der Waals surface area contributed by atoms with Crippen molar-refractivity contribution in [3.63, 3.8) is 0 Å². The Labute approximate surface area is 354 Å². The molecule has 0 atom stereocenters. The Bertz CT molecular complexity index is 1670. The Hall–Kier alpha value is -4.16. The van der Waals surface area contributed by atoms with Gasteiger partial charge in [0.15, 0.2) is 0 Å². The van der Waals surface area contributed by atoms with Gasteiger partial charge >= 0.3 is 31.0 Å². The van der Waals surface area contributed by atoms with Gasteiger partial charge in [0.25, 0.3) is 0 Å². The van der Waals surface area contributed by atoms with Crippen molar-refractivity contribution in [3.05, 3.63) is 152 Å². The van der Waals surface area contributed by atoms with Crippen LogP contribution in [-0.4, -0.2) is 32.6 Å². The van der Waals surface area contributed by atoms with Gasteiger partial charge in [-0.15, -0.1) is 11.8 Å². The number of nitrogens with zero attached hydrogens (tertiary/aromatic N) is 3. The van der Waals surface area contributed by atoms with E-state index >= 15 is 0 Å². The first-order valence-corrected chi connectivity index (χ1v) is 21.6. The molecule has 0 saturated carbocycles. The smallest absolute Gasteiger partial charge is 0.418 e. The van der Waals surface area contributed by atoms with Crippen molar-refractivity contribution >= 4 is 63.3 Å². The Morgan fingerprint density at radius 1 is 0.466 bits per heavy atom. The molecule has 0 saturated heterocycles. The molecule has 0 spiro atoms. The van der Waals surface area contributed by atoms with Crippen LogP contribution in [0.5, 0.6) is 0 Å². The molecule has 0 amide bonds. The summed E-state index contributed by atoms with van der Waals surface area (Å²) in [5.74, 6) is 1.11. The van der Waals surface area contributed by atoms with Gasteiger partial charge in [-0.1, -0.05) is 97.9 Å². The van der Waals surface area contributed by atoms with E-state index in [1.165, 1.54) is 59.2 Å². The van der Waals surface area contributed by atoms with E-state index in [0.717, 1.165) is 5.75 Å². The molecule has 0 aromatic heterocycles. The summed E-state index contributed by atoms with van der Waals surface area (Å²) in [7, 11) is -13.9. The van der Waals surface area contributed by atoms with Crippen LogP contribution in [0.1, 0.15) is 27.7 Å². The maximum Gasteiger partial charge on any atom is 2.00 e. The van der Waals surface area contributed by atoms with Gasteiger partial charge in [-0.25, -0.2) is 0 Å². The van der Waals surface area contributed by atoms with Gasteiger partial charge in [0, 0.05) is 36.8 Å². The van der Waals surface area contributed by atoms with Crippen molar-refractivity contribution in [2.75, 3.05) is 18.1 Å². The van der Waals surface area contributed by atoms with Crippen molar-refractivity contribution in [3.8, 4) is 18.2 Å². The zero-order valence-corrected chi connectivity index (χ0v) is 36.1. The van der Waals surface area contributed by atoms with Crippen LogP contribution in [-0.2, 0) is 16.5 Å². The maximum absolute atomic E-state index is 9.75. The van der Waals surface area contributed by atoms with Gasteiger partial charge in [-0.2, -0.15) is 15.8 Å². The molecule has 5 aromatic rings. The zero-order valence-electron chi connectivity index (χ0n) is 32.3. The zero-order chi connectivity index (χ0) is 43.2. The van der Waals surface area contributed by atoms with Gasteiger partial charge in [-0.05, 0) is 60.7 Å². The minimum atomic E-state index is -6.00. The van der Waals surface area contributed by atoms with Crippen molar-refractivity contribution in [1.82, 2.24) is 0 Å². The van der Waals surface area contributed by atoms with Crippen molar-refractivity contribution in [2.45, 2.75) is 32.6 Å². The van der Waals surface area contributed by atoms with E-state index in [9.17, 15) is 34.5 Å². The molecular weight excluding hydrogens is 861 g/mol. The van der Waals surface area contributed by atoms with Crippen LogP contribution in [0.4, 0.5) is 34.5 Å². The second-order valence-electron chi connectivity index (χ2n) is 11.8. The molecule has 5 rings (SSSR count). The van der Waals surface area contributed by atoms with E-state index in [4.69, 9.17) is 15.8 Å². The van der Waals surface area contributed by atoms with E-state index in [2.05, 4.69) is 159 Å². The Kier molecular flexibility index (Phi) is 30.7. The normalized spacial score (nSPS) is 10.1. The van der Waals surface area contributed by atoms with Gasteiger partial charge in [0.1, 0.15) is 0 Å². The summed E-state index contributed by atoms with van der Waals surface area (Å²) >= 11 is 2.02. The van der Waals surface area contributed by atoms with Crippen LogP contribution in [0.25, 0.3) is 0 Å². The molecule has 310 valence electrons. The van der Waals surface area contributed by atoms with E-state index in [1.807, 2.05) is 11.8 Å². The maximum atomic E-state index is 9.75. The summed E-state index contributed by atoms with van der Waals surface area (Å²) < 4.78 is 78.0. The first kappa shape index (κ1) is 55.9. The fourth-order valence-corrected chi connectivity index (χ4v) is 12.8. The van der Waals surface area contributed by atoms with E-state index in [1.54, 1.807) is 18.2 Å². The van der Waals surface area contributed by atoms with Crippen LogP contribution in [0.2, 0.25) is 0 Å². The monoisotopic (exact) mass is 905 g/mol. The first-order chi connectivity index (χ1) is 26.9. The summed E-state index contributed by atoms with van der Waals surface area (Å²) in [5, 5.41) is 28.0. The second-order valence-corrected chi connectivity index (χ2v) is 17.8. The number of hydrogen-bond acceptors (Lipinski definition) is 4. The third-order valence-electron chi connectivity index (χ3n) is 7.03. The molecule has 58 heavy (non-hydrogen) atoms. The summed E-state index contributed by atoms with van der Waals surface area (Å²) in [6, 6.07) is 61.3. The second kappa shape index (κ2) is 31.8. The van der Waals surface area contributed by atoms with Crippen molar-refractivity contribution in [2.24, 2.45) is 5.41 Å². The Morgan fingerprint density at radius 3 is 0.862 bits per heavy atom. The number of rotatable bonds is 11. The van der Waals surface area contributed by atoms with Gasteiger partial charge in [-0.3, -0.25) is 0 Å². The van der Waals surface area contributed by atoms with Crippen LogP contribution in [0, 0.1) is 39.4 Å². The fraction of sp³-hybridized carbons (Fsp3) is 0.195. The van der Waals surface area contributed by atoms with E-state index in [0.29, 0.717) is 0 Å². The molecule has 0 aliphatic rings. The SMILES string of the molecule is CC#N.CC#N.CC#N.CC(CSc1ccccc1)(C[PH+](c1ccccc1)c1ccccc1)C[PH+](c1ccccc1)c1ccccc1.F[B-](F)(F)F.F[B-](F)(F)F.[Ni+2]. The number of thioether (sulfide) groups is 1. The largest absolute Gasteiger partial charge is 2.00 e. The number of hydrogen-bond donors (Lipinski definition) is 0. The number of benzene rings is 5. The molecule has 0 unspecified atom stereocenters. The molecule has 3 nitrogen and oxygen atoms in total. The molecule has 5 aromatic carbocycles. The van der Waals surface area contributed by atoms with Crippen LogP contribution in [0.15, 0.2) is 157 Å². The third-order valence-corrected chi connectivity index (χ3v) is 15.0. The molecule has 0 aliphatic heterocycles. The molecular formula is C41H45B2F8N3NiP2S+2. The number of halogens is 8. The average Bonchev–Trinajstić information content (AvgIpc) is 3.17. The van der Waals surface area contributed by atoms with Gasteiger partial charge in [0.2, 0.25) is 0 Å². The molecule has 17 heteroatoms. The quantitative estimate of drug-likeness (QED) is 0.0573. The fourth-order valence-electron chi connectivity index (χ4n) is 5.09. The van der Waals surface area contributed by atoms with E-state index < -0.39 is 30.4 Å².